The Morgan fingerprint density at radius 1 is 1.44 bits per heavy atom. The summed E-state index contributed by atoms with van der Waals surface area (Å²) in [6.07, 6.45) is 0. The van der Waals surface area contributed by atoms with Crippen LogP contribution in [0.1, 0.15) is 0 Å². The zero-order valence-electron chi connectivity index (χ0n) is 7.96. The number of benzene rings is 1. The number of fused-ring (bicyclic) bond motifs is 1. The third kappa shape index (κ3) is 2.60. The van der Waals surface area contributed by atoms with Crippen molar-refractivity contribution < 1.29 is 0 Å². The summed E-state index contributed by atoms with van der Waals surface area (Å²) >= 11 is 18.0. The second kappa shape index (κ2) is 4.79. The quantitative estimate of drug-likeness (QED) is 0.673. The first-order valence-electron chi connectivity index (χ1n) is 4.32. The average molecular weight is 292 g/mol. The van der Waals surface area contributed by atoms with Gasteiger partial charge in [-0.3, -0.25) is 0 Å². The highest BCUT2D eigenvalue weighted by Gasteiger charge is 2.07. The molecular formula is C9H7Cl2N3S2. The highest BCUT2D eigenvalue weighted by atomic mass is 35.5. The number of thiocarbonyl (C=S) groups is 1. The lowest BCUT2D eigenvalue weighted by molar-refractivity contribution is 1.08. The van der Waals surface area contributed by atoms with Gasteiger partial charge in [0.05, 0.1) is 31.8 Å². The van der Waals surface area contributed by atoms with Crippen LogP contribution in [-0.2, 0) is 0 Å². The first kappa shape index (κ1) is 12.0. The highest BCUT2D eigenvalue weighted by Crippen LogP contribution is 2.28. The Bertz CT molecular complexity index is 514. The van der Waals surface area contributed by atoms with Gasteiger partial charge < -0.3 is 10.7 Å². The van der Waals surface area contributed by atoms with Gasteiger partial charge in [-0.1, -0.05) is 47.2 Å². The van der Waals surface area contributed by atoms with E-state index in [1.807, 2.05) is 0 Å². The van der Waals surface area contributed by atoms with Crippen molar-refractivity contribution in [1.82, 2.24) is 9.97 Å². The van der Waals surface area contributed by atoms with Crippen molar-refractivity contribution in [3.8, 4) is 0 Å². The number of hydrogen-bond donors (Lipinski definition) is 2. The van der Waals surface area contributed by atoms with E-state index in [0.717, 1.165) is 16.2 Å². The predicted molar refractivity (Wildman–Crippen MR) is 73.6 cm³/mol. The van der Waals surface area contributed by atoms with Gasteiger partial charge in [0.2, 0.25) is 0 Å². The number of nitrogens with zero attached hydrogens (tertiary/aromatic N) is 1. The maximum absolute atomic E-state index is 5.90. The van der Waals surface area contributed by atoms with Crippen molar-refractivity contribution in [1.29, 1.82) is 0 Å². The minimum absolute atomic E-state index is 0.446. The van der Waals surface area contributed by atoms with Crippen LogP contribution in [0.2, 0.25) is 10.0 Å². The Morgan fingerprint density at radius 3 is 2.81 bits per heavy atom. The summed E-state index contributed by atoms with van der Waals surface area (Å²) in [5.41, 5.74) is 7.03. The van der Waals surface area contributed by atoms with Crippen molar-refractivity contribution >= 4 is 63.2 Å². The summed E-state index contributed by atoms with van der Waals surface area (Å²) in [5.74, 6) is 0.552. The summed E-state index contributed by atoms with van der Waals surface area (Å²) in [6.45, 7) is 0. The first-order chi connectivity index (χ1) is 7.56. The number of hydrogen-bond acceptors (Lipinski definition) is 3. The Hall–Kier alpha value is -0.490. The van der Waals surface area contributed by atoms with Gasteiger partial charge in [0, 0.05) is 0 Å². The van der Waals surface area contributed by atoms with Gasteiger partial charge in [0.25, 0.3) is 0 Å². The highest BCUT2D eigenvalue weighted by molar-refractivity contribution is 8.00. The van der Waals surface area contributed by atoms with Gasteiger partial charge in [-0.25, -0.2) is 4.98 Å². The molecule has 0 unspecified atom stereocenters. The average Bonchev–Trinajstić information content (AvgIpc) is 2.58. The van der Waals surface area contributed by atoms with Crippen LogP contribution in [0.25, 0.3) is 11.0 Å². The van der Waals surface area contributed by atoms with Crippen LogP contribution in [0.5, 0.6) is 0 Å². The van der Waals surface area contributed by atoms with Crippen LogP contribution in [-0.4, -0.2) is 20.7 Å². The first-order valence-corrected chi connectivity index (χ1v) is 6.47. The summed E-state index contributed by atoms with van der Waals surface area (Å²) < 4.78 is 0. The molecule has 0 saturated carbocycles. The Kier molecular flexibility index (Phi) is 3.59. The summed E-state index contributed by atoms with van der Waals surface area (Å²) in [6, 6.07) is 3.47. The van der Waals surface area contributed by atoms with E-state index >= 15 is 0 Å². The molecule has 0 spiro atoms. The Morgan fingerprint density at radius 2 is 2.12 bits per heavy atom. The zero-order chi connectivity index (χ0) is 11.7. The van der Waals surface area contributed by atoms with Crippen LogP contribution in [0, 0.1) is 0 Å². The number of H-pyrrole nitrogens is 1. The lowest BCUT2D eigenvalue weighted by atomic mass is 10.3. The summed E-state index contributed by atoms with van der Waals surface area (Å²) in [4.78, 5) is 7.89. The molecule has 0 aliphatic carbocycles. The molecule has 3 nitrogen and oxygen atoms in total. The molecule has 0 saturated heterocycles. The van der Waals surface area contributed by atoms with Crippen LogP contribution in [0.3, 0.4) is 0 Å². The maximum Gasteiger partial charge on any atom is 0.166 e. The molecule has 1 aromatic heterocycles. The minimum atomic E-state index is 0.446. The SMILES string of the molecule is NC(=S)CSc1nc2cc(Cl)c(Cl)cc2[nH]1. The van der Waals surface area contributed by atoms with Crippen molar-refractivity contribution in [3.05, 3.63) is 22.2 Å². The maximum atomic E-state index is 5.90. The topological polar surface area (TPSA) is 54.7 Å². The molecule has 84 valence electrons. The molecule has 0 aliphatic heterocycles. The number of rotatable bonds is 3. The summed E-state index contributed by atoms with van der Waals surface area (Å²) in [5, 5.41) is 1.75. The Balaban J connectivity index is 2.33. The van der Waals surface area contributed by atoms with Gasteiger partial charge in [0.15, 0.2) is 5.16 Å². The largest absolute Gasteiger partial charge is 0.393 e. The predicted octanol–water partition coefficient (Wildman–Crippen LogP) is 3.25. The lowest BCUT2D eigenvalue weighted by Crippen LogP contribution is -2.10. The normalized spacial score (nSPS) is 10.9. The number of imidazole rings is 1. The van der Waals surface area contributed by atoms with Gasteiger partial charge >= 0.3 is 0 Å². The van der Waals surface area contributed by atoms with Crippen molar-refractivity contribution in [3.63, 3.8) is 0 Å². The van der Waals surface area contributed by atoms with Gasteiger partial charge in [-0.05, 0) is 12.1 Å². The van der Waals surface area contributed by atoms with Gasteiger partial charge in [-0.15, -0.1) is 0 Å². The molecule has 0 aliphatic rings. The van der Waals surface area contributed by atoms with Crippen LogP contribution in [0.4, 0.5) is 0 Å². The Labute approximate surface area is 112 Å². The molecule has 1 heterocycles. The second-order valence-corrected chi connectivity index (χ2v) is 5.38. The van der Waals surface area contributed by atoms with E-state index in [9.17, 15) is 0 Å². The summed E-state index contributed by atoms with van der Waals surface area (Å²) in [7, 11) is 0. The fraction of sp³-hybridized carbons (Fsp3) is 0.111. The van der Waals surface area contributed by atoms with Crippen molar-refractivity contribution in [2.75, 3.05) is 5.75 Å². The number of nitrogens with one attached hydrogen (secondary N) is 1. The van der Waals surface area contributed by atoms with Crippen LogP contribution < -0.4 is 5.73 Å². The molecule has 0 bridgehead atoms. The molecule has 7 heteroatoms. The zero-order valence-corrected chi connectivity index (χ0v) is 11.1. The monoisotopic (exact) mass is 291 g/mol. The van der Waals surface area contributed by atoms with Crippen LogP contribution in [0.15, 0.2) is 17.3 Å². The lowest BCUT2D eigenvalue weighted by Gasteiger charge is -1.93. The molecule has 0 fully saturated rings. The van der Waals surface area contributed by atoms with E-state index in [1.165, 1.54) is 11.8 Å². The van der Waals surface area contributed by atoms with Gasteiger partial charge in [0.1, 0.15) is 0 Å². The third-order valence-electron chi connectivity index (χ3n) is 1.85. The smallest absolute Gasteiger partial charge is 0.166 e. The number of thioether (sulfide) groups is 1. The van der Waals surface area contributed by atoms with E-state index in [2.05, 4.69) is 9.97 Å². The molecule has 16 heavy (non-hydrogen) atoms. The van der Waals surface area contributed by atoms with Crippen LogP contribution >= 0.6 is 47.2 Å². The molecule has 0 amide bonds. The number of aromatic nitrogens is 2. The molecular weight excluding hydrogens is 285 g/mol. The van der Waals surface area contributed by atoms with Crippen molar-refractivity contribution in [2.45, 2.75) is 5.16 Å². The molecule has 3 N–H and O–H groups in total. The fourth-order valence-electron chi connectivity index (χ4n) is 1.19. The fourth-order valence-corrected chi connectivity index (χ4v) is 2.31. The second-order valence-electron chi connectivity index (χ2n) is 3.08. The van der Waals surface area contributed by atoms with Crippen molar-refractivity contribution in [2.24, 2.45) is 5.73 Å². The third-order valence-corrected chi connectivity index (χ3v) is 3.82. The van der Waals surface area contributed by atoms with E-state index in [1.54, 1.807) is 12.1 Å². The van der Waals surface area contributed by atoms with E-state index in [0.29, 0.717) is 20.8 Å². The molecule has 2 aromatic rings. The number of halogens is 2. The van der Waals surface area contributed by atoms with E-state index in [-0.39, 0.29) is 0 Å². The molecule has 0 radical (unpaired) electrons. The van der Waals surface area contributed by atoms with Gasteiger partial charge in [-0.2, -0.15) is 0 Å². The standard InChI is InChI=1S/C9H7Cl2N3S2/c10-4-1-6-7(2-5(4)11)14-9(13-6)16-3-8(12)15/h1-2H,3H2,(H2,12,15)(H,13,14). The van der Waals surface area contributed by atoms with E-state index < -0.39 is 0 Å². The number of nitrogens with two attached hydrogens (primary N) is 1. The minimum Gasteiger partial charge on any atom is -0.393 e. The molecule has 2 rings (SSSR count). The number of aromatic amines is 1. The molecule has 1 aromatic carbocycles. The van der Waals surface area contributed by atoms with E-state index in [4.69, 9.17) is 41.2 Å². The molecule has 0 atom stereocenters.